The predicted octanol–water partition coefficient (Wildman–Crippen LogP) is 7.41. The van der Waals surface area contributed by atoms with Crippen molar-refractivity contribution >= 4 is 39.8 Å². The van der Waals surface area contributed by atoms with E-state index >= 15 is 0 Å². The van der Waals surface area contributed by atoms with Gasteiger partial charge in [0.1, 0.15) is 16.8 Å². The first-order valence-electron chi connectivity index (χ1n) is 14.3. The van der Waals surface area contributed by atoms with E-state index in [4.69, 9.17) is 23.7 Å². The van der Waals surface area contributed by atoms with Gasteiger partial charge in [-0.1, -0.05) is 31.9 Å². The van der Waals surface area contributed by atoms with Crippen LogP contribution in [0.5, 0.6) is 23.1 Å². The molecule has 9 nitrogen and oxygen atoms in total. The maximum Gasteiger partial charge on any atom is 0.515 e. The van der Waals surface area contributed by atoms with Gasteiger partial charge in [0.15, 0.2) is 11.5 Å². The third-order valence-corrected chi connectivity index (χ3v) is 7.94. The number of unbranched alkanes of at least 4 members (excludes halogenated alkanes) is 2. The fourth-order valence-electron chi connectivity index (χ4n) is 5.36. The van der Waals surface area contributed by atoms with Crippen molar-refractivity contribution in [3.05, 3.63) is 59.7 Å². The van der Waals surface area contributed by atoms with Gasteiger partial charge in [-0.05, 0) is 60.4 Å². The van der Waals surface area contributed by atoms with Gasteiger partial charge in [0.2, 0.25) is 5.88 Å². The van der Waals surface area contributed by atoms with E-state index in [0.717, 1.165) is 75.6 Å². The Morgan fingerprint density at radius 2 is 1.90 bits per heavy atom. The number of carbonyl (C=O) groups is 1. The minimum atomic E-state index is -0.769. The molecule has 5 aromatic rings. The van der Waals surface area contributed by atoms with Crippen LogP contribution in [0.2, 0.25) is 0 Å². The molecule has 0 spiro atoms. The lowest BCUT2D eigenvalue weighted by Gasteiger charge is -2.14. The molecule has 0 N–H and O–H groups in total. The van der Waals surface area contributed by atoms with Gasteiger partial charge in [-0.2, -0.15) is 8.75 Å². The zero-order valence-corrected chi connectivity index (χ0v) is 24.8. The third-order valence-electron chi connectivity index (χ3n) is 7.39. The first-order chi connectivity index (χ1) is 20.6. The Morgan fingerprint density at radius 1 is 1.02 bits per heavy atom. The molecule has 1 aliphatic heterocycles. The van der Waals surface area contributed by atoms with Crippen LogP contribution in [-0.2, 0) is 17.7 Å². The maximum absolute atomic E-state index is 12.9. The number of aromatic nitrogens is 3. The lowest BCUT2D eigenvalue weighted by molar-refractivity contribution is 0.101. The molecule has 218 valence electrons. The van der Waals surface area contributed by atoms with Crippen molar-refractivity contribution in [2.75, 3.05) is 26.9 Å². The highest BCUT2D eigenvalue weighted by atomic mass is 32.1. The van der Waals surface area contributed by atoms with Gasteiger partial charge in [0, 0.05) is 17.9 Å². The molecule has 2 aromatic heterocycles. The van der Waals surface area contributed by atoms with Crippen LogP contribution in [0.15, 0.2) is 48.5 Å². The SMILES string of the molecule is CCCCCOc1cc2c(cc1OC)c(-c1ccc3c(c1)CCO3)c(OC(=O)OCC)n2Cc1ccc2nsnc2c1. The zero-order valence-electron chi connectivity index (χ0n) is 24.0. The minimum Gasteiger partial charge on any atom is -0.493 e. The van der Waals surface area contributed by atoms with Crippen LogP contribution in [-0.4, -0.2) is 46.4 Å². The lowest BCUT2D eigenvalue weighted by Crippen LogP contribution is -2.14. The molecule has 6 rings (SSSR count). The Kier molecular flexibility index (Phi) is 8.14. The molecular formula is C32H33N3O6S. The van der Waals surface area contributed by atoms with Crippen LogP contribution in [0.4, 0.5) is 4.79 Å². The molecule has 0 aliphatic carbocycles. The molecule has 0 amide bonds. The maximum atomic E-state index is 12.9. The third kappa shape index (κ3) is 5.46. The monoisotopic (exact) mass is 587 g/mol. The van der Waals surface area contributed by atoms with E-state index < -0.39 is 6.16 Å². The number of hydrogen-bond acceptors (Lipinski definition) is 9. The normalized spacial score (nSPS) is 12.4. The Morgan fingerprint density at radius 3 is 2.74 bits per heavy atom. The summed E-state index contributed by atoms with van der Waals surface area (Å²) in [6.45, 7) is 5.75. The fourth-order valence-corrected chi connectivity index (χ4v) is 5.88. The van der Waals surface area contributed by atoms with Gasteiger partial charge in [0.25, 0.3) is 0 Å². The van der Waals surface area contributed by atoms with Crippen molar-refractivity contribution in [2.45, 2.75) is 46.1 Å². The summed E-state index contributed by atoms with van der Waals surface area (Å²) in [6, 6.07) is 16.0. The second kappa shape index (κ2) is 12.3. The largest absolute Gasteiger partial charge is 0.515 e. The van der Waals surface area contributed by atoms with Gasteiger partial charge in [0.05, 0.1) is 56.3 Å². The summed E-state index contributed by atoms with van der Waals surface area (Å²) in [5, 5.41) is 0.863. The van der Waals surface area contributed by atoms with Crippen molar-refractivity contribution < 1.29 is 28.5 Å². The van der Waals surface area contributed by atoms with E-state index in [1.165, 1.54) is 11.7 Å². The molecule has 42 heavy (non-hydrogen) atoms. The summed E-state index contributed by atoms with van der Waals surface area (Å²) in [6.07, 6.45) is 3.18. The van der Waals surface area contributed by atoms with Crippen molar-refractivity contribution in [2.24, 2.45) is 0 Å². The van der Waals surface area contributed by atoms with E-state index in [1.807, 2.05) is 47.0 Å². The number of benzene rings is 3. The summed E-state index contributed by atoms with van der Waals surface area (Å²) in [7, 11) is 1.64. The average Bonchev–Trinajstić information content (AvgIpc) is 3.72. The molecule has 0 fully saturated rings. The van der Waals surface area contributed by atoms with Crippen LogP contribution in [0, 0.1) is 0 Å². The van der Waals surface area contributed by atoms with Gasteiger partial charge >= 0.3 is 6.16 Å². The highest BCUT2D eigenvalue weighted by Crippen LogP contribution is 2.46. The number of fused-ring (bicyclic) bond motifs is 3. The number of hydrogen-bond donors (Lipinski definition) is 0. The van der Waals surface area contributed by atoms with Crippen LogP contribution < -0.4 is 18.9 Å². The highest BCUT2D eigenvalue weighted by molar-refractivity contribution is 7.00. The lowest BCUT2D eigenvalue weighted by atomic mass is 10.0. The number of rotatable bonds is 11. The molecule has 10 heteroatoms. The van der Waals surface area contributed by atoms with Crippen molar-refractivity contribution in [3.63, 3.8) is 0 Å². The average molecular weight is 588 g/mol. The number of carbonyl (C=O) groups excluding carboxylic acids is 1. The van der Waals surface area contributed by atoms with E-state index in [9.17, 15) is 4.79 Å². The van der Waals surface area contributed by atoms with Crippen LogP contribution in [0.25, 0.3) is 33.1 Å². The van der Waals surface area contributed by atoms with Crippen molar-refractivity contribution in [1.82, 2.24) is 13.3 Å². The molecular weight excluding hydrogens is 554 g/mol. The molecule has 1 aliphatic rings. The van der Waals surface area contributed by atoms with Gasteiger partial charge in [-0.3, -0.25) is 0 Å². The number of nitrogens with zero attached hydrogens (tertiary/aromatic N) is 3. The molecule has 0 saturated heterocycles. The quantitative estimate of drug-likeness (QED) is 0.116. The first-order valence-corrected chi connectivity index (χ1v) is 15.0. The molecule has 0 atom stereocenters. The number of ether oxygens (including phenoxy) is 5. The second-order valence-corrected chi connectivity index (χ2v) is 10.7. The summed E-state index contributed by atoms with van der Waals surface area (Å²) in [5.41, 5.74) is 6.26. The van der Waals surface area contributed by atoms with Gasteiger partial charge in [-0.25, -0.2) is 4.79 Å². The van der Waals surface area contributed by atoms with Crippen molar-refractivity contribution in [3.8, 4) is 34.3 Å². The van der Waals surface area contributed by atoms with E-state index in [1.54, 1.807) is 14.0 Å². The number of methoxy groups -OCH3 is 1. The van der Waals surface area contributed by atoms with E-state index in [-0.39, 0.29) is 6.61 Å². The predicted molar refractivity (Wildman–Crippen MR) is 162 cm³/mol. The highest BCUT2D eigenvalue weighted by Gasteiger charge is 2.27. The molecule has 0 radical (unpaired) electrons. The molecule has 0 bridgehead atoms. The van der Waals surface area contributed by atoms with Gasteiger partial charge < -0.3 is 28.3 Å². The van der Waals surface area contributed by atoms with Crippen LogP contribution in [0.1, 0.15) is 44.2 Å². The smallest absolute Gasteiger partial charge is 0.493 e. The standard InChI is InChI=1S/C32H33N3O6S/c1-4-6-7-13-39-29-18-26-23(17-28(29)37-3)30(22-9-11-27-21(16-22)12-14-40-27)31(41-32(36)38-5-2)35(26)19-20-8-10-24-25(15-20)34-42-33-24/h8-11,15-18H,4-7,12-14,19H2,1-3H3. The molecule has 3 heterocycles. The fraction of sp³-hybridized carbons (Fsp3) is 0.344. The van der Waals surface area contributed by atoms with Crippen molar-refractivity contribution in [1.29, 1.82) is 0 Å². The Bertz CT molecular complexity index is 1740. The Hall–Kier alpha value is -4.31. The molecule has 0 saturated carbocycles. The van der Waals surface area contributed by atoms with Crippen LogP contribution in [0.3, 0.4) is 0 Å². The second-order valence-electron chi connectivity index (χ2n) is 10.1. The van der Waals surface area contributed by atoms with E-state index in [2.05, 4.69) is 21.7 Å². The molecule has 0 unspecified atom stereocenters. The summed E-state index contributed by atoms with van der Waals surface area (Å²) < 4.78 is 39.8. The van der Waals surface area contributed by atoms with Gasteiger partial charge in [-0.15, -0.1) is 0 Å². The summed E-state index contributed by atoms with van der Waals surface area (Å²) in [5.74, 6) is 2.50. The van der Waals surface area contributed by atoms with E-state index in [0.29, 0.717) is 37.1 Å². The molecule has 3 aromatic carbocycles. The summed E-state index contributed by atoms with van der Waals surface area (Å²) in [4.78, 5) is 12.9. The summed E-state index contributed by atoms with van der Waals surface area (Å²) >= 11 is 1.18. The minimum absolute atomic E-state index is 0.196. The Labute approximate surface area is 248 Å². The first kappa shape index (κ1) is 27.8. The zero-order chi connectivity index (χ0) is 29.1. The Balaban J connectivity index is 1.56. The topological polar surface area (TPSA) is 93.9 Å². The van der Waals surface area contributed by atoms with Crippen LogP contribution >= 0.6 is 11.7 Å².